The number of rotatable bonds is 6. The first kappa shape index (κ1) is 16.9. The van der Waals surface area contributed by atoms with E-state index < -0.39 is 0 Å². The molecule has 1 amide bonds. The summed E-state index contributed by atoms with van der Waals surface area (Å²) in [7, 11) is 0. The van der Waals surface area contributed by atoms with Gasteiger partial charge in [0.05, 0.1) is 18.8 Å². The van der Waals surface area contributed by atoms with E-state index in [1.54, 1.807) is 0 Å². The van der Waals surface area contributed by atoms with Crippen molar-refractivity contribution in [1.29, 1.82) is 0 Å². The number of anilines is 2. The van der Waals surface area contributed by atoms with Crippen molar-refractivity contribution in [2.75, 3.05) is 23.8 Å². The molecule has 0 spiro atoms. The normalized spacial score (nSPS) is 10.3. The summed E-state index contributed by atoms with van der Waals surface area (Å²) in [5, 5.41) is 6.12. The van der Waals surface area contributed by atoms with E-state index in [1.165, 1.54) is 5.56 Å². The Kier molecular flexibility index (Phi) is 5.63. The second-order valence-corrected chi connectivity index (χ2v) is 5.60. The van der Waals surface area contributed by atoms with Gasteiger partial charge in [-0.15, -0.1) is 0 Å². The highest BCUT2D eigenvalue weighted by Gasteiger charge is 2.09. The van der Waals surface area contributed by atoms with E-state index in [4.69, 9.17) is 4.74 Å². The van der Waals surface area contributed by atoms with Gasteiger partial charge < -0.3 is 15.4 Å². The summed E-state index contributed by atoms with van der Waals surface area (Å²) in [5.74, 6) is 0.586. The van der Waals surface area contributed by atoms with E-state index in [0.717, 1.165) is 16.8 Å². The van der Waals surface area contributed by atoms with Crippen molar-refractivity contribution in [3.8, 4) is 5.75 Å². The molecule has 0 radical (unpaired) electrons. The van der Waals surface area contributed by atoms with E-state index in [1.807, 2.05) is 45.0 Å². The first-order valence-electron chi connectivity index (χ1n) is 7.84. The van der Waals surface area contributed by atoms with Gasteiger partial charge in [0.2, 0.25) is 5.91 Å². The van der Waals surface area contributed by atoms with Gasteiger partial charge in [-0.25, -0.2) is 0 Å². The molecule has 2 rings (SSSR count). The molecule has 4 heteroatoms. The molecule has 23 heavy (non-hydrogen) atoms. The summed E-state index contributed by atoms with van der Waals surface area (Å²) in [6, 6.07) is 11.7. The predicted octanol–water partition coefficient (Wildman–Crippen LogP) is 4.06. The number of hydrogen-bond acceptors (Lipinski definition) is 3. The van der Waals surface area contributed by atoms with Crippen molar-refractivity contribution in [1.82, 2.24) is 0 Å². The highest BCUT2D eigenvalue weighted by atomic mass is 16.5. The number of ether oxygens (including phenoxy) is 1. The molecule has 0 saturated carbocycles. The van der Waals surface area contributed by atoms with Gasteiger partial charge in [0.25, 0.3) is 0 Å². The molecule has 0 saturated heterocycles. The molecule has 0 heterocycles. The lowest BCUT2D eigenvalue weighted by molar-refractivity contribution is -0.114. The lowest BCUT2D eigenvalue weighted by Crippen LogP contribution is -2.22. The van der Waals surface area contributed by atoms with Crippen molar-refractivity contribution < 1.29 is 9.53 Å². The maximum atomic E-state index is 12.2. The Morgan fingerprint density at radius 1 is 1.09 bits per heavy atom. The Bertz CT molecular complexity index is 673. The van der Waals surface area contributed by atoms with Gasteiger partial charge in [0, 0.05) is 5.69 Å². The molecule has 0 unspecified atom stereocenters. The molecule has 0 aliphatic carbocycles. The molecule has 0 fully saturated rings. The summed E-state index contributed by atoms with van der Waals surface area (Å²) < 4.78 is 5.52. The fourth-order valence-corrected chi connectivity index (χ4v) is 2.67. The fourth-order valence-electron chi connectivity index (χ4n) is 2.67. The monoisotopic (exact) mass is 312 g/mol. The van der Waals surface area contributed by atoms with Crippen LogP contribution in [0.5, 0.6) is 5.75 Å². The van der Waals surface area contributed by atoms with Crippen molar-refractivity contribution >= 4 is 17.3 Å². The number of nitrogens with one attached hydrogen (secondary N) is 2. The fraction of sp³-hybridized carbons (Fsp3) is 0.316. The second-order valence-electron chi connectivity index (χ2n) is 5.60. The van der Waals surface area contributed by atoms with Gasteiger partial charge in [-0.05, 0) is 51.0 Å². The van der Waals surface area contributed by atoms with Crippen molar-refractivity contribution in [3.05, 3.63) is 53.1 Å². The second kappa shape index (κ2) is 7.68. The summed E-state index contributed by atoms with van der Waals surface area (Å²) >= 11 is 0. The van der Waals surface area contributed by atoms with Gasteiger partial charge in [-0.3, -0.25) is 4.79 Å². The maximum Gasteiger partial charge on any atom is 0.243 e. The van der Waals surface area contributed by atoms with Crippen LogP contribution >= 0.6 is 0 Å². The molecular weight excluding hydrogens is 288 g/mol. The van der Waals surface area contributed by atoms with Crippen LogP contribution in [0.3, 0.4) is 0 Å². The van der Waals surface area contributed by atoms with Gasteiger partial charge >= 0.3 is 0 Å². The molecule has 0 atom stereocenters. The van der Waals surface area contributed by atoms with E-state index in [9.17, 15) is 4.79 Å². The standard InChI is InChI=1S/C19H24N2O2/c1-5-23-17-9-7-6-8-16(17)21-18(22)12-20-19-14(3)10-13(2)11-15(19)4/h6-11,20H,5,12H2,1-4H3,(H,21,22). The molecule has 0 aliphatic heterocycles. The number of aryl methyl sites for hydroxylation is 3. The van der Waals surface area contributed by atoms with Crippen LogP contribution in [-0.2, 0) is 4.79 Å². The summed E-state index contributed by atoms with van der Waals surface area (Å²) in [5.41, 5.74) is 5.22. The Morgan fingerprint density at radius 3 is 2.39 bits per heavy atom. The first-order valence-corrected chi connectivity index (χ1v) is 7.84. The van der Waals surface area contributed by atoms with E-state index in [0.29, 0.717) is 18.0 Å². The van der Waals surface area contributed by atoms with Gasteiger partial charge in [0.1, 0.15) is 5.75 Å². The van der Waals surface area contributed by atoms with Gasteiger partial charge in [-0.2, -0.15) is 0 Å². The molecule has 4 nitrogen and oxygen atoms in total. The predicted molar refractivity (Wildman–Crippen MR) is 95.4 cm³/mol. The third-order valence-electron chi connectivity index (χ3n) is 3.56. The van der Waals surface area contributed by atoms with Gasteiger partial charge in [-0.1, -0.05) is 29.8 Å². The Balaban J connectivity index is 2.01. The minimum Gasteiger partial charge on any atom is -0.492 e. The van der Waals surface area contributed by atoms with Crippen LogP contribution in [0.15, 0.2) is 36.4 Å². The molecule has 0 aromatic heterocycles. The van der Waals surface area contributed by atoms with Gasteiger partial charge in [0.15, 0.2) is 0 Å². The zero-order valence-corrected chi connectivity index (χ0v) is 14.2. The molecule has 2 aromatic carbocycles. The smallest absolute Gasteiger partial charge is 0.243 e. The highest BCUT2D eigenvalue weighted by Crippen LogP contribution is 2.24. The van der Waals surface area contributed by atoms with Crippen LogP contribution < -0.4 is 15.4 Å². The molecule has 2 N–H and O–H groups in total. The van der Waals surface area contributed by atoms with Crippen molar-refractivity contribution in [2.24, 2.45) is 0 Å². The Morgan fingerprint density at radius 2 is 1.74 bits per heavy atom. The third kappa shape index (κ3) is 4.49. The summed E-state index contributed by atoms with van der Waals surface area (Å²) in [6.45, 7) is 8.86. The maximum absolute atomic E-state index is 12.2. The quantitative estimate of drug-likeness (QED) is 0.845. The molecule has 0 bridgehead atoms. The number of hydrogen-bond donors (Lipinski definition) is 2. The Labute approximate surface area is 137 Å². The van der Waals surface area contributed by atoms with Crippen molar-refractivity contribution in [2.45, 2.75) is 27.7 Å². The van der Waals surface area contributed by atoms with E-state index in [-0.39, 0.29) is 12.5 Å². The Hall–Kier alpha value is -2.49. The highest BCUT2D eigenvalue weighted by molar-refractivity contribution is 5.95. The average Bonchev–Trinajstić information content (AvgIpc) is 2.48. The first-order chi connectivity index (χ1) is 11.0. The minimum absolute atomic E-state index is 0.100. The van der Waals surface area contributed by atoms with Crippen LogP contribution in [0.1, 0.15) is 23.6 Å². The minimum atomic E-state index is -0.100. The SMILES string of the molecule is CCOc1ccccc1NC(=O)CNc1c(C)cc(C)cc1C. The summed E-state index contributed by atoms with van der Waals surface area (Å²) in [4.78, 5) is 12.2. The zero-order valence-electron chi connectivity index (χ0n) is 14.2. The lowest BCUT2D eigenvalue weighted by atomic mass is 10.1. The van der Waals surface area contributed by atoms with Crippen LogP contribution in [-0.4, -0.2) is 19.1 Å². The number of carbonyl (C=O) groups is 1. The average molecular weight is 312 g/mol. The molecule has 0 aliphatic rings. The third-order valence-corrected chi connectivity index (χ3v) is 3.56. The number of para-hydroxylation sites is 2. The van der Waals surface area contributed by atoms with Crippen LogP contribution in [0.25, 0.3) is 0 Å². The number of amides is 1. The largest absolute Gasteiger partial charge is 0.492 e. The van der Waals surface area contributed by atoms with E-state index in [2.05, 4.69) is 29.7 Å². The zero-order chi connectivity index (χ0) is 16.8. The molecular formula is C19H24N2O2. The van der Waals surface area contributed by atoms with Crippen LogP contribution in [0, 0.1) is 20.8 Å². The topological polar surface area (TPSA) is 50.4 Å². The van der Waals surface area contributed by atoms with Crippen LogP contribution in [0.4, 0.5) is 11.4 Å². The summed E-state index contributed by atoms with van der Waals surface area (Å²) in [6.07, 6.45) is 0. The molecule has 122 valence electrons. The lowest BCUT2D eigenvalue weighted by Gasteiger charge is -2.15. The van der Waals surface area contributed by atoms with Crippen LogP contribution in [0.2, 0.25) is 0 Å². The molecule has 2 aromatic rings. The number of carbonyl (C=O) groups excluding carboxylic acids is 1. The van der Waals surface area contributed by atoms with Crippen molar-refractivity contribution in [3.63, 3.8) is 0 Å². The van der Waals surface area contributed by atoms with E-state index >= 15 is 0 Å². The number of benzene rings is 2.